The molecule has 1 amide bonds. The molecule has 0 bridgehead atoms. The van der Waals surface area contributed by atoms with E-state index < -0.39 is 29.5 Å². The van der Waals surface area contributed by atoms with Crippen LogP contribution in [0.1, 0.15) is 46.4 Å². The first kappa shape index (κ1) is 29.6. The van der Waals surface area contributed by atoms with Crippen LogP contribution >= 0.6 is 11.3 Å². The third-order valence-corrected chi connectivity index (χ3v) is 7.79. The topological polar surface area (TPSA) is 134 Å². The molecule has 1 atom stereocenters. The Labute approximate surface area is 251 Å². The smallest absolute Gasteiger partial charge is 0.350 e. The normalized spacial score (nSPS) is 17.1. The van der Waals surface area contributed by atoms with Crippen molar-refractivity contribution in [3.8, 4) is 23.0 Å². The molecule has 0 aliphatic carbocycles. The first-order valence-electron chi connectivity index (χ1n) is 13.6. The fourth-order valence-electron chi connectivity index (χ4n) is 4.79. The van der Waals surface area contributed by atoms with E-state index in [2.05, 4.69) is 11.6 Å². The van der Waals surface area contributed by atoms with Gasteiger partial charge in [0.1, 0.15) is 30.5 Å². The predicted octanol–water partition coefficient (Wildman–Crippen LogP) is 4.99. The van der Waals surface area contributed by atoms with Gasteiger partial charge in [0.15, 0.2) is 28.1 Å². The predicted molar refractivity (Wildman–Crippen MR) is 158 cm³/mol. The highest BCUT2D eigenvalue weighted by Gasteiger charge is 2.48. The van der Waals surface area contributed by atoms with Gasteiger partial charge in [-0.05, 0) is 56.7 Å². The average molecular weight is 607 g/mol. The van der Waals surface area contributed by atoms with Gasteiger partial charge in [0.05, 0.1) is 30.5 Å². The molecule has 5 rings (SSSR count). The van der Waals surface area contributed by atoms with Crippen LogP contribution in [-0.4, -0.2) is 60.8 Å². The molecule has 1 saturated heterocycles. The number of Topliss-reactive ketones (excluding diaryl/α,β-unsaturated/α-hetero) is 1. The van der Waals surface area contributed by atoms with Crippen LogP contribution in [0.3, 0.4) is 0 Å². The fourth-order valence-corrected chi connectivity index (χ4v) is 5.78. The van der Waals surface area contributed by atoms with Crippen molar-refractivity contribution in [3.05, 3.63) is 76.3 Å². The average Bonchev–Trinajstić information content (AvgIpc) is 3.52. The highest BCUT2D eigenvalue weighted by Crippen LogP contribution is 2.46. The number of carbonyl (C=O) groups is 3. The zero-order chi connectivity index (χ0) is 30.7. The minimum Gasteiger partial charge on any atom is -0.507 e. The van der Waals surface area contributed by atoms with Crippen LogP contribution < -0.4 is 23.8 Å². The molecule has 224 valence electrons. The number of thiazole rings is 1. The van der Waals surface area contributed by atoms with Crippen LogP contribution in [-0.2, 0) is 14.3 Å². The number of ether oxygens (including phenoxy) is 5. The van der Waals surface area contributed by atoms with Crippen LogP contribution in [0.2, 0.25) is 0 Å². The maximum atomic E-state index is 13.7. The maximum absolute atomic E-state index is 13.7. The number of benzene rings is 2. The van der Waals surface area contributed by atoms with E-state index in [-0.39, 0.29) is 34.4 Å². The zero-order valence-electron chi connectivity index (χ0n) is 23.9. The first-order valence-corrected chi connectivity index (χ1v) is 14.5. The summed E-state index contributed by atoms with van der Waals surface area (Å²) in [6.45, 7) is 10.2. The van der Waals surface area contributed by atoms with Crippen LogP contribution in [0, 0.1) is 6.92 Å². The summed E-state index contributed by atoms with van der Waals surface area (Å²) >= 11 is 0.925. The number of rotatable bonds is 10. The van der Waals surface area contributed by atoms with Gasteiger partial charge >= 0.3 is 11.9 Å². The third kappa shape index (κ3) is 5.65. The number of fused-ring (bicyclic) bond motifs is 1. The molecule has 2 aromatic carbocycles. The molecule has 0 saturated carbocycles. The quantitative estimate of drug-likeness (QED) is 0.111. The number of nitrogens with zero attached hydrogens (tertiary/aromatic N) is 2. The maximum Gasteiger partial charge on any atom is 0.350 e. The van der Waals surface area contributed by atoms with Gasteiger partial charge in [-0.1, -0.05) is 30.1 Å². The molecule has 2 aliphatic heterocycles. The van der Waals surface area contributed by atoms with Gasteiger partial charge in [-0.3, -0.25) is 14.5 Å². The molecule has 12 heteroatoms. The lowest BCUT2D eigenvalue weighted by Gasteiger charge is -2.24. The standard InChI is InChI=1S/C31H30N2O9S/c1-5-12-40-20-10-8-18(15-22(20)38-6-2)25-24(26(34)19-9-11-21-23(16-19)42-14-13-41-21)27(35)29(36)33(25)31-32-17(4)28(43-31)30(37)39-7-3/h5,8-11,15-16,25,34H,1,6-7,12-14H2,2-4H3/t25-/m0/s1. The summed E-state index contributed by atoms with van der Waals surface area (Å²) < 4.78 is 28.0. The molecule has 1 N–H and O–H groups in total. The number of ketones is 1. The molecular weight excluding hydrogens is 576 g/mol. The molecule has 1 fully saturated rings. The highest BCUT2D eigenvalue weighted by atomic mass is 32.1. The zero-order valence-corrected chi connectivity index (χ0v) is 24.7. The number of carbonyl (C=O) groups excluding carboxylic acids is 3. The second kappa shape index (κ2) is 12.6. The van der Waals surface area contributed by atoms with Crippen LogP contribution in [0.5, 0.6) is 23.0 Å². The summed E-state index contributed by atoms with van der Waals surface area (Å²) in [6, 6.07) is 8.62. The van der Waals surface area contributed by atoms with Crippen molar-refractivity contribution in [2.75, 3.05) is 37.9 Å². The van der Waals surface area contributed by atoms with Gasteiger partial charge in [0.2, 0.25) is 0 Å². The number of hydrogen-bond acceptors (Lipinski definition) is 11. The second-order valence-electron chi connectivity index (χ2n) is 9.40. The Hall–Kier alpha value is -4.84. The van der Waals surface area contributed by atoms with Crippen molar-refractivity contribution in [2.45, 2.75) is 26.8 Å². The molecule has 0 spiro atoms. The molecule has 3 heterocycles. The van der Waals surface area contributed by atoms with E-state index >= 15 is 0 Å². The Kier molecular flexibility index (Phi) is 8.67. The Balaban J connectivity index is 1.69. The van der Waals surface area contributed by atoms with Gasteiger partial charge in [-0.25, -0.2) is 9.78 Å². The molecule has 2 aliphatic rings. The number of anilines is 1. The highest BCUT2D eigenvalue weighted by molar-refractivity contribution is 7.17. The lowest BCUT2D eigenvalue weighted by Crippen LogP contribution is -2.29. The minimum absolute atomic E-state index is 0.0961. The number of hydrogen-bond donors (Lipinski definition) is 1. The summed E-state index contributed by atoms with van der Waals surface area (Å²) in [5.41, 5.74) is 0.868. The van der Waals surface area contributed by atoms with E-state index in [1.54, 1.807) is 56.3 Å². The molecule has 0 radical (unpaired) electrons. The van der Waals surface area contributed by atoms with Crippen molar-refractivity contribution in [1.82, 2.24) is 4.98 Å². The molecule has 11 nitrogen and oxygen atoms in total. The van der Waals surface area contributed by atoms with Crippen LogP contribution in [0.15, 0.2) is 54.6 Å². The number of aliphatic hydroxyl groups excluding tert-OH is 1. The van der Waals surface area contributed by atoms with E-state index in [0.29, 0.717) is 54.1 Å². The summed E-state index contributed by atoms with van der Waals surface area (Å²) in [5.74, 6) is -1.13. The molecule has 1 aromatic heterocycles. The Morgan fingerprint density at radius 1 is 1.09 bits per heavy atom. The largest absolute Gasteiger partial charge is 0.507 e. The van der Waals surface area contributed by atoms with Crippen molar-refractivity contribution >= 4 is 39.9 Å². The van der Waals surface area contributed by atoms with E-state index in [1.165, 1.54) is 4.90 Å². The molecule has 43 heavy (non-hydrogen) atoms. The summed E-state index contributed by atoms with van der Waals surface area (Å²) in [5, 5.41) is 11.7. The summed E-state index contributed by atoms with van der Waals surface area (Å²) in [6.07, 6.45) is 1.60. The van der Waals surface area contributed by atoms with E-state index in [9.17, 15) is 19.5 Å². The van der Waals surface area contributed by atoms with Gasteiger partial charge in [-0.15, -0.1) is 0 Å². The summed E-state index contributed by atoms with van der Waals surface area (Å²) in [4.78, 5) is 45.8. The number of amides is 1. The lowest BCUT2D eigenvalue weighted by atomic mass is 9.95. The minimum atomic E-state index is -1.12. The summed E-state index contributed by atoms with van der Waals surface area (Å²) in [7, 11) is 0. The Morgan fingerprint density at radius 3 is 2.58 bits per heavy atom. The number of aromatic nitrogens is 1. The van der Waals surface area contributed by atoms with Gasteiger partial charge in [0.25, 0.3) is 5.78 Å². The van der Waals surface area contributed by atoms with Crippen molar-refractivity contribution < 1.29 is 43.2 Å². The van der Waals surface area contributed by atoms with Crippen molar-refractivity contribution in [3.63, 3.8) is 0 Å². The van der Waals surface area contributed by atoms with Gasteiger partial charge < -0.3 is 28.8 Å². The second-order valence-corrected chi connectivity index (χ2v) is 10.4. The Bertz CT molecular complexity index is 1630. The first-order chi connectivity index (χ1) is 20.8. The number of aliphatic hydroxyl groups is 1. The lowest BCUT2D eigenvalue weighted by molar-refractivity contribution is -0.132. The van der Waals surface area contributed by atoms with Gasteiger partial charge in [-0.2, -0.15) is 0 Å². The van der Waals surface area contributed by atoms with Crippen LogP contribution in [0.4, 0.5) is 5.13 Å². The molecule has 3 aromatic rings. The Morgan fingerprint density at radius 2 is 1.86 bits per heavy atom. The van der Waals surface area contributed by atoms with E-state index in [1.807, 2.05) is 6.92 Å². The van der Waals surface area contributed by atoms with Crippen molar-refractivity contribution in [2.24, 2.45) is 0 Å². The molecule has 0 unspecified atom stereocenters. The van der Waals surface area contributed by atoms with E-state index in [0.717, 1.165) is 11.3 Å². The van der Waals surface area contributed by atoms with Crippen LogP contribution in [0.25, 0.3) is 5.76 Å². The number of aryl methyl sites for hydroxylation is 1. The van der Waals surface area contributed by atoms with Gasteiger partial charge in [0, 0.05) is 5.56 Å². The third-order valence-electron chi connectivity index (χ3n) is 6.65. The molecular formula is C31H30N2O9S. The monoisotopic (exact) mass is 606 g/mol. The van der Waals surface area contributed by atoms with Crippen molar-refractivity contribution in [1.29, 1.82) is 0 Å². The SMILES string of the molecule is C=CCOc1ccc([C@H]2C(=C(O)c3ccc4c(c3)OCCO4)C(=O)C(=O)N2c2nc(C)c(C(=O)OCC)s2)cc1OCC. The van der Waals surface area contributed by atoms with E-state index in [4.69, 9.17) is 23.7 Å². The fraction of sp³-hybridized carbons (Fsp3) is 0.290. The number of esters is 1.